The zero-order chi connectivity index (χ0) is 14.8. The van der Waals surface area contributed by atoms with Crippen LogP contribution in [0.4, 0.5) is 17.6 Å². The second kappa shape index (κ2) is 10.5. The Labute approximate surface area is 105 Å². The monoisotopic (exact) mass is 297 g/mol. The highest BCUT2D eigenvalue weighted by Gasteiger charge is 2.32. The van der Waals surface area contributed by atoms with Crippen molar-refractivity contribution in [2.75, 3.05) is 26.5 Å². The average Bonchev–Trinajstić information content (AvgIpc) is 2.23. The van der Waals surface area contributed by atoms with Gasteiger partial charge in [-0.25, -0.2) is 13.2 Å². The highest BCUT2D eigenvalue weighted by atomic mass is 32.2. The van der Waals surface area contributed by atoms with Gasteiger partial charge < -0.3 is 5.32 Å². The van der Waals surface area contributed by atoms with Crippen molar-refractivity contribution in [3.05, 3.63) is 0 Å². The Morgan fingerprint density at radius 3 is 1.94 bits per heavy atom. The fraction of sp³-hybridized carbons (Fsp3) is 1.00. The summed E-state index contributed by atoms with van der Waals surface area (Å²) >= 11 is 0. The second-order valence-corrected chi connectivity index (χ2v) is 5.05. The van der Waals surface area contributed by atoms with E-state index in [-0.39, 0.29) is 6.42 Å². The molecule has 0 amide bonds. The van der Waals surface area contributed by atoms with Gasteiger partial charge in [0, 0.05) is 0 Å². The maximum atomic E-state index is 12.8. The maximum absolute atomic E-state index is 12.8. The topological polar surface area (TPSA) is 66.4 Å². The van der Waals surface area contributed by atoms with Crippen LogP contribution >= 0.6 is 0 Å². The van der Waals surface area contributed by atoms with Crippen LogP contribution < -0.4 is 5.32 Å². The van der Waals surface area contributed by atoms with Gasteiger partial charge in [0.15, 0.2) is 12.3 Å². The van der Waals surface area contributed by atoms with Crippen LogP contribution in [-0.2, 0) is 10.1 Å². The minimum atomic E-state index is -4.68. The third-order valence-electron chi connectivity index (χ3n) is 1.67. The molecule has 0 aliphatic heterocycles. The van der Waals surface area contributed by atoms with Crippen LogP contribution in [0.1, 0.15) is 12.8 Å². The lowest BCUT2D eigenvalue weighted by atomic mass is 10.1. The molecule has 0 saturated carbocycles. The Kier molecular flexibility index (Phi) is 11.6. The number of hydrogen-bond acceptors (Lipinski definition) is 3. The Morgan fingerprint density at radius 1 is 1.17 bits per heavy atom. The average molecular weight is 297 g/mol. The zero-order valence-electron chi connectivity index (χ0n) is 10.2. The summed E-state index contributed by atoms with van der Waals surface area (Å²) < 4.78 is 78.3. The van der Waals surface area contributed by atoms with Crippen LogP contribution in [0.2, 0.25) is 0 Å². The van der Waals surface area contributed by atoms with Gasteiger partial charge in [-0.1, -0.05) is 0 Å². The lowest BCUT2D eigenvalue weighted by molar-refractivity contribution is 0.0846. The van der Waals surface area contributed by atoms with E-state index in [1.54, 1.807) is 0 Å². The molecule has 0 fully saturated rings. The van der Waals surface area contributed by atoms with Crippen LogP contribution in [0.5, 0.6) is 0 Å². The number of halogens is 4. The van der Waals surface area contributed by atoms with Gasteiger partial charge >= 0.3 is 0 Å². The highest BCUT2D eigenvalue weighted by Crippen LogP contribution is 2.17. The van der Waals surface area contributed by atoms with Crippen molar-refractivity contribution >= 4 is 10.1 Å². The summed E-state index contributed by atoms with van der Waals surface area (Å²) in [5.74, 6) is -1.50. The summed E-state index contributed by atoms with van der Waals surface area (Å²) in [5, 5.41) is 2.75. The van der Waals surface area contributed by atoms with Crippen LogP contribution in [0.25, 0.3) is 0 Å². The largest absolute Gasteiger partial charge is 0.323 e. The highest BCUT2D eigenvalue weighted by molar-refractivity contribution is 7.85. The van der Waals surface area contributed by atoms with Crippen LogP contribution in [0.15, 0.2) is 0 Å². The van der Waals surface area contributed by atoms with E-state index >= 15 is 0 Å². The first kappa shape index (κ1) is 19.9. The molecule has 0 bridgehead atoms. The van der Waals surface area contributed by atoms with Crippen molar-refractivity contribution in [1.82, 2.24) is 5.32 Å². The van der Waals surface area contributed by atoms with Crippen molar-refractivity contribution in [3.63, 3.8) is 0 Å². The molecule has 0 radical (unpaired) electrons. The molecule has 3 atom stereocenters. The molecule has 4 nitrogen and oxygen atoms in total. The fourth-order valence-electron chi connectivity index (χ4n) is 0.951. The van der Waals surface area contributed by atoms with Crippen molar-refractivity contribution in [2.24, 2.45) is 0 Å². The van der Waals surface area contributed by atoms with Crippen molar-refractivity contribution in [3.8, 4) is 0 Å². The van der Waals surface area contributed by atoms with E-state index in [9.17, 15) is 26.0 Å². The smallest absolute Gasteiger partial charge is 0.267 e. The van der Waals surface area contributed by atoms with Crippen LogP contribution in [0.3, 0.4) is 0 Å². The molecule has 0 saturated heterocycles. The summed E-state index contributed by atoms with van der Waals surface area (Å²) in [4.78, 5) is 0. The van der Waals surface area contributed by atoms with E-state index in [0.717, 1.165) is 0 Å². The first-order chi connectivity index (χ1) is 8.19. The Bertz CT molecular complexity index is 290. The number of rotatable bonds is 7. The summed E-state index contributed by atoms with van der Waals surface area (Å²) in [6, 6.07) is 0. The van der Waals surface area contributed by atoms with E-state index in [0.29, 0.717) is 0 Å². The third-order valence-corrected chi connectivity index (χ3v) is 2.41. The molecular weight excluding hydrogens is 278 g/mol. The van der Waals surface area contributed by atoms with Gasteiger partial charge in [0.25, 0.3) is 10.1 Å². The molecule has 9 heteroatoms. The van der Waals surface area contributed by atoms with Crippen molar-refractivity contribution in [1.29, 1.82) is 0 Å². The third kappa shape index (κ3) is 12.1. The normalized spacial score (nSPS) is 16.4. The van der Waals surface area contributed by atoms with Crippen LogP contribution in [-0.4, -0.2) is 58.0 Å². The molecular formula is C9H19F4NO3S. The summed E-state index contributed by atoms with van der Waals surface area (Å²) in [6.07, 6.45) is -8.37. The molecule has 0 aliphatic carbocycles. The van der Waals surface area contributed by atoms with E-state index in [1.807, 2.05) is 14.1 Å². The predicted octanol–water partition coefficient (Wildman–Crippen LogP) is 1.47. The molecule has 3 unspecified atom stereocenters. The standard InChI is InChI=1S/C7H12F4O3S.C2H7N/c8-3-1-2-5(9)7(11)6(10)4-15(12,13)14;1-3-2/h5-7H,1-4H2,(H,12,13,14);3H,1-2H3. The molecule has 0 aromatic rings. The van der Waals surface area contributed by atoms with Gasteiger partial charge in [0.05, 0.1) is 6.67 Å². The SMILES string of the molecule is CNC.O=S(=O)(O)CC(F)C(F)C(F)CCCF. The van der Waals surface area contributed by atoms with Gasteiger partial charge in [-0.3, -0.25) is 8.94 Å². The molecule has 0 aromatic heterocycles. The molecule has 0 rings (SSSR count). The Morgan fingerprint density at radius 2 is 1.61 bits per heavy atom. The van der Waals surface area contributed by atoms with Crippen molar-refractivity contribution < 1.29 is 30.5 Å². The zero-order valence-corrected chi connectivity index (χ0v) is 11.1. The number of nitrogens with one attached hydrogen (secondary N) is 1. The molecule has 0 spiro atoms. The fourth-order valence-corrected chi connectivity index (χ4v) is 1.54. The van der Waals surface area contributed by atoms with E-state index in [2.05, 4.69) is 5.32 Å². The minimum Gasteiger partial charge on any atom is -0.323 e. The number of alkyl halides is 4. The van der Waals surface area contributed by atoms with Crippen LogP contribution in [0, 0.1) is 0 Å². The molecule has 0 aliphatic rings. The van der Waals surface area contributed by atoms with Gasteiger partial charge in [-0.2, -0.15) is 8.42 Å². The summed E-state index contributed by atoms with van der Waals surface area (Å²) in [6.45, 7) is -0.859. The lowest BCUT2D eigenvalue weighted by Crippen LogP contribution is -2.33. The van der Waals surface area contributed by atoms with E-state index < -0.39 is 47.5 Å². The van der Waals surface area contributed by atoms with E-state index in [4.69, 9.17) is 4.55 Å². The molecule has 0 aromatic carbocycles. The maximum Gasteiger partial charge on any atom is 0.267 e. The summed E-state index contributed by atoms with van der Waals surface area (Å²) in [7, 11) is -0.928. The minimum absolute atomic E-state index is 0.264. The van der Waals surface area contributed by atoms with Gasteiger partial charge in [-0.05, 0) is 26.9 Å². The Hall–Kier alpha value is -0.410. The summed E-state index contributed by atoms with van der Waals surface area (Å²) in [5.41, 5.74) is 0. The van der Waals surface area contributed by atoms with Gasteiger partial charge in [-0.15, -0.1) is 0 Å². The first-order valence-electron chi connectivity index (χ1n) is 5.21. The predicted molar refractivity (Wildman–Crippen MR) is 61.3 cm³/mol. The quantitative estimate of drug-likeness (QED) is 0.552. The van der Waals surface area contributed by atoms with Crippen molar-refractivity contribution in [2.45, 2.75) is 31.4 Å². The molecule has 0 heterocycles. The Balaban J connectivity index is 0. The second-order valence-electron chi connectivity index (χ2n) is 3.56. The molecule has 18 heavy (non-hydrogen) atoms. The number of hydrogen-bond donors (Lipinski definition) is 2. The van der Waals surface area contributed by atoms with Gasteiger partial charge in [0.2, 0.25) is 0 Å². The molecule has 112 valence electrons. The molecule has 2 N–H and O–H groups in total. The lowest BCUT2D eigenvalue weighted by Gasteiger charge is -2.15. The first-order valence-corrected chi connectivity index (χ1v) is 6.82. The van der Waals surface area contributed by atoms with E-state index in [1.165, 1.54) is 0 Å². The van der Waals surface area contributed by atoms with Gasteiger partial charge in [0.1, 0.15) is 11.9 Å².